The van der Waals surface area contributed by atoms with Crippen molar-refractivity contribution in [2.75, 3.05) is 69.6 Å². The molecule has 17 heteroatoms. The molecule has 8 heterocycles. The maximum atomic E-state index is 16.2. The number of benzene rings is 2. The number of imide groups is 1. The number of hydrogen-bond acceptors (Lipinski definition) is 10. The molecule has 11 rings (SSSR count). The van der Waals surface area contributed by atoms with Crippen molar-refractivity contribution in [2.45, 2.75) is 95.8 Å². The first-order valence-corrected chi connectivity index (χ1v) is 26.0. The Morgan fingerprint density at radius 3 is 2.42 bits per heavy atom. The van der Waals surface area contributed by atoms with Gasteiger partial charge in [0.2, 0.25) is 17.7 Å². The predicted octanol–water partition coefficient (Wildman–Crippen LogP) is 6.44. The van der Waals surface area contributed by atoms with E-state index in [2.05, 4.69) is 62.4 Å². The van der Waals surface area contributed by atoms with Crippen LogP contribution < -0.4 is 21.1 Å². The highest BCUT2D eigenvalue weighted by Gasteiger charge is 2.61. The molecule has 1 unspecified atom stereocenters. The second-order valence-corrected chi connectivity index (χ2v) is 21.4. The quantitative estimate of drug-likeness (QED) is 0.142. The van der Waals surface area contributed by atoms with Gasteiger partial charge in [0.15, 0.2) is 5.82 Å². The van der Waals surface area contributed by atoms with Gasteiger partial charge in [-0.2, -0.15) is 0 Å². The number of amides is 4. The first kappa shape index (κ1) is 48.7. The van der Waals surface area contributed by atoms with Gasteiger partial charge >= 0.3 is 0 Å². The maximum Gasteiger partial charge on any atom is 0.257 e. The minimum Gasteiger partial charge on any atom is -0.386 e. The maximum absolute atomic E-state index is 16.2. The average molecular weight is 995 g/mol. The van der Waals surface area contributed by atoms with Gasteiger partial charge in [0.1, 0.15) is 17.5 Å². The molecule has 2 aromatic carbocycles. The van der Waals surface area contributed by atoms with Crippen LogP contribution in [0.25, 0.3) is 22.3 Å². The van der Waals surface area contributed by atoms with E-state index in [9.17, 15) is 28.4 Å². The molecule has 15 nitrogen and oxygen atoms in total. The Kier molecular flexibility index (Phi) is 12.7. The molecule has 1 spiro atoms. The van der Waals surface area contributed by atoms with Crippen LogP contribution in [-0.4, -0.2) is 129 Å². The van der Waals surface area contributed by atoms with Gasteiger partial charge in [0, 0.05) is 132 Å². The number of nitrogens with one attached hydrogen (secondary N) is 2. The minimum absolute atomic E-state index is 0.0109. The number of piperidine rings is 2. The number of halogens is 2. The Balaban J connectivity index is 0.674. The summed E-state index contributed by atoms with van der Waals surface area (Å²) in [6.07, 6.45) is 9.46. The van der Waals surface area contributed by atoms with Crippen molar-refractivity contribution >= 4 is 51.6 Å². The molecule has 3 aromatic heterocycles. The van der Waals surface area contributed by atoms with Gasteiger partial charge < -0.3 is 14.8 Å². The molecule has 0 radical (unpaired) electrons. The zero-order valence-electron chi connectivity index (χ0n) is 42.3. The van der Waals surface area contributed by atoms with Crippen LogP contribution in [0.5, 0.6) is 0 Å². The highest BCUT2D eigenvalue weighted by Crippen LogP contribution is 2.58. The topological polar surface area (TPSA) is 148 Å². The van der Waals surface area contributed by atoms with Gasteiger partial charge in [0.05, 0.1) is 23.0 Å². The molecule has 5 aliphatic heterocycles. The van der Waals surface area contributed by atoms with E-state index in [0.717, 1.165) is 97.4 Å². The molecule has 3 saturated heterocycles. The zero-order valence-corrected chi connectivity index (χ0v) is 42.3. The SMILES string of the molecule is CNc1cc(=O)n(-c2ccnc3c2cc([C@H](C)N2CC=C(c4c(C)cc(C(=O)N5CCC(CN6CCN(Cc7ccc8c(c7)C7(CC7)C(=O)N8C7CCC(=O)NC7=O)C[C@@H]6C)CC5)cc4F)CC2)n3C)cc1F. The van der Waals surface area contributed by atoms with E-state index in [1.54, 1.807) is 24.2 Å². The summed E-state index contributed by atoms with van der Waals surface area (Å²) in [6.45, 7) is 13.4. The van der Waals surface area contributed by atoms with Crippen molar-refractivity contribution in [2.24, 2.45) is 13.0 Å². The summed E-state index contributed by atoms with van der Waals surface area (Å²) in [5.41, 5.74) is 7.05. The molecule has 4 fully saturated rings. The largest absolute Gasteiger partial charge is 0.386 e. The van der Waals surface area contributed by atoms with Gasteiger partial charge in [-0.3, -0.25) is 53.5 Å². The normalized spacial score (nSPS) is 22.2. The third kappa shape index (κ3) is 8.76. The molecular weight excluding hydrogens is 931 g/mol. The summed E-state index contributed by atoms with van der Waals surface area (Å²) in [4.78, 5) is 80.8. The highest BCUT2D eigenvalue weighted by molar-refractivity contribution is 6.15. The molecule has 6 aliphatic rings. The van der Waals surface area contributed by atoms with E-state index in [0.29, 0.717) is 73.4 Å². The molecule has 73 heavy (non-hydrogen) atoms. The monoisotopic (exact) mass is 995 g/mol. The lowest BCUT2D eigenvalue weighted by Crippen LogP contribution is -2.54. The number of nitrogens with zero attached hydrogens (tertiary/aromatic N) is 8. The number of rotatable bonds is 11. The summed E-state index contributed by atoms with van der Waals surface area (Å²) < 4.78 is 34.3. The van der Waals surface area contributed by atoms with Crippen LogP contribution in [0.4, 0.5) is 20.2 Å². The molecule has 382 valence electrons. The standard InChI is InChI=1S/C56H64F2N10O5/c1-33-24-39(26-42(57)51(33)38-13-20-64(21-14-38)35(3)48-27-40-45(10-17-60-52(40)62(48)5)67-32-43(58)44(59-4)28-50(67)70)54(72)65-18-11-36(12-19-65)31-66-23-22-63(29-34(66)2)30-37-6-7-46-41(25-37)56(15-16-56)55(73)68(46)47-8-9-49(69)61-53(47)71/h6-7,10,13,17,24-28,32,34-36,47,59H,8-9,11-12,14-16,18-23,29-31H2,1-5H3,(H,61,69,71)/t34-,35-,47?/m0/s1. The fraction of sp³-hybridized carbons (Fsp3) is 0.464. The first-order chi connectivity index (χ1) is 35.1. The number of carbonyl (C=O) groups excluding carboxylic acids is 4. The van der Waals surface area contributed by atoms with Crippen LogP contribution in [0.2, 0.25) is 0 Å². The summed E-state index contributed by atoms with van der Waals surface area (Å²) in [7, 11) is 3.51. The molecule has 4 amide bonds. The van der Waals surface area contributed by atoms with Crippen LogP contribution in [0, 0.1) is 24.5 Å². The van der Waals surface area contributed by atoms with Gasteiger partial charge in [-0.05, 0) is 118 Å². The van der Waals surface area contributed by atoms with Gasteiger partial charge in [-0.1, -0.05) is 18.2 Å². The van der Waals surface area contributed by atoms with Crippen LogP contribution in [0.15, 0.2) is 71.8 Å². The van der Waals surface area contributed by atoms with Crippen LogP contribution in [0.1, 0.15) is 103 Å². The van der Waals surface area contributed by atoms with Gasteiger partial charge in [0.25, 0.3) is 11.5 Å². The predicted molar refractivity (Wildman–Crippen MR) is 275 cm³/mol. The van der Waals surface area contributed by atoms with Crippen LogP contribution in [0.3, 0.4) is 0 Å². The van der Waals surface area contributed by atoms with Crippen molar-refractivity contribution in [1.29, 1.82) is 0 Å². The number of pyridine rings is 2. The van der Waals surface area contributed by atoms with E-state index in [1.165, 1.54) is 22.9 Å². The fourth-order valence-electron chi connectivity index (χ4n) is 12.6. The van der Waals surface area contributed by atoms with Gasteiger partial charge in [-0.15, -0.1) is 0 Å². The molecule has 3 atom stereocenters. The van der Waals surface area contributed by atoms with E-state index in [-0.39, 0.29) is 47.2 Å². The molecule has 1 saturated carbocycles. The van der Waals surface area contributed by atoms with E-state index >= 15 is 4.39 Å². The summed E-state index contributed by atoms with van der Waals surface area (Å²) in [6, 6.07) is 14.2. The molecule has 0 bridgehead atoms. The van der Waals surface area contributed by atoms with Crippen LogP contribution in [-0.2, 0) is 33.4 Å². The number of anilines is 2. The Hall–Kier alpha value is -6.56. The van der Waals surface area contributed by atoms with Crippen molar-refractivity contribution in [3.8, 4) is 5.69 Å². The Labute approximate surface area is 423 Å². The molecule has 2 N–H and O–H groups in total. The zero-order chi connectivity index (χ0) is 51.0. The van der Waals surface area contributed by atoms with Crippen molar-refractivity contribution in [1.82, 2.24) is 39.0 Å². The van der Waals surface area contributed by atoms with Crippen molar-refractivity contribution in [3.05, 3.63) is 123 Å². The number of piperazine rings is 1. The van der Waals surface area contributed by atoms with Crippen molar-refractivity contribution < 1.29 is 28.0 Å². The number of carbonyl (C=O) groups is 4. The second-order valence-electron chi connectivity index (χ2n) is 21.4. The smallest absolute Gasteiger partial charge is 0.257 e. The Morgan fingerprint density at radius 1 is 0.932 bits per heavy atom. The lowest BCUT2D eigenvalue weighted by molar-refractivity contribution is -0.135. The number of aromatic nitrogens is 3. The van der Waals surface area contributed by atoms with E-state index in [1.807, 2.05) is 41.6 Å². The Bertz CT molecular complexity index is 3150. The first-order valence-electron chi connectivity index (χ1n) is 26.0. The van der Waals surface area contributed by atoms with Crippen molar-refractivity contribution in [3.63, 3.8) is 0 Å². The molecule has 1 aliphatic carbocycles. The third-order valence-corrected chi connectivity index (χ3v) is 16.9. The summed E-state index contributed by atoms with van der Waals surface area (Å²) >= 11 is 0. The third-order valence-electron chi connectivity index (χ3n) is 16.9. The van der Waals surface area contributed by atoms with E-state index in [4.69, 9.17) is 0 Å². The fourth-order valence-corrected chi connectivity index (χ4v) is 12.6. The number of hydrogen-bond donors (Lipinski definition) is 2. The molecular formula is C56H64F2N10O5. The minimum atomic E-state index is -0.653. The highest BCUT2D eigenvalue weighted by atomic mass is 19.1. The Morgan fingerprint density at radius 2 is 1.73 bits per heavy atom. The van der Waals surface area contributed by atoms with Crippen LogP contribution >= 0.6 is 0 Å². The number of likely N-dealkylation sites (tertiary alicyclic amines) is 1. The number of aryl methyl sites for hydroxylation is 2. The average Bonchev–Trinajstić information content (AvgIpc) is 4.07. The molecule has 5 aromatic rings. The van der Waals surface area contributed by atoms with E-state index < -0.39 is 23.2 Å². The summed E-state index contributed by atoms with van der Waals surface area (Å²) in [5.74, 6) is -1.27. The lowest BCUT2D eigenvalue weighted by atomic mass is 9.92. The van der Waals surface area contributed by atoms with Gasteiger partial charge in [-0.25, -0.2) is 13.8 Å². The lowest BCUT2D eigenvalue weighted by Gasteiger charge is -2.42. The summed E-state index contributed by atoms with van der Waals surface area (Å²) in [5, 5.41) is 5.87. The number of fused-ring (bicyclic) bond motifs is 3. The second kappa shape index (κ2) is 19.0.